The number of hydrogen-bond acceptors (Lipinski definition) is 3. The summed E-state index contributed by atoms with van der Waals surface area (Å²) in [5.74, 6) is 0. The maximum atomic E-state index is 12.7. The second-order valence-corrected chi connectivity index (χ2v) is 7.18. The summed E-state index contributed by atoms with van der Waals surface area (Å²) in [6, 6.07) is 14.7. The van der Waals surface area contributed by atoms with Crippen LogP contribution in [0.4, 0.5) is 4.79 Å². The van der Waals surface area contributed by atoms with Gasteiger partial charge in [-0.05, 0) is 43.4 Å². The molecule has 1 amide bonds. The van der Waals surface area contributed by atoms with Crippen molar-refractivity contribution in [3.8, 4) is 0 Å². The Labute approximate surface area is 174 Å². The van der Waals surface area contributed by atoms with Gasteiger partial charge in [0.15, 0.2) is 0 Å². The second-order valence-electron chi connectivity index (χ2n) is 7.18. The summed E-state index contributed by atoms with van der Waals surface area (Å²) in [6.45, 7) is 5.68. The molecule has 0 atom stereocenters. The third-order valence-electron chi connectivity index (χ3n) is 5.21. The first-order valence-electron chi connectivity index (χ1n) is 10.1. The highest BCUT2D eigenvalue weighted by molar-refractivity contribution is 5.85. The molecule has 2 aromatic rings. The third kappa shape index (κ3) is 6.28. The van der Waals surface area contributed by atoms with Gasteiger partial charge in [0.1, 0.15) is 0 Å². The lowest BCUT2D eigenvalue weighted by Crippen LogP contribution is -2.52. The first kappa shape index (κ1) is 22.3. The van der Waals surface area contributed by atoms with Crippen molar-refractivity contribution in [2.75, 3.05) is 31.3 Å². The van der Waals surface area contributed by atoms with E-state index in [1.54, 1.807) is 5.01 Å². The number of unbranched alkanes of at least 4 members (excludes halogenated alkanes) is 1. The van der Waals surface area contributed by atoms with Crippen molar-refractivity contribution < 1.29 is 9.53 Å². The highest BCUT2D eigenvalue weighted by Crippen LogP contribution is 2.18. The fourth-order valence-electron chi connectivity index (χ4n) is 3.59. The van der Waals surface area contributed by atoms with Crippen LogP contribution < -0.4 is 5.01 Å². The monoisotopic (exact) mass is 405 g/mol. The minimum atomic E-state index is -0.234. The van der Waals surface area contributed by atoms with Gasteiger partial charge in [0.25, 0.3) is 0 Å². The predicted octanol–water partition coefficient (Wildman–Crippen LogP) is 4.49. The highest BCUT2D eigenvalue weighted by Gasteiger charge is 2.30. The number of rotatable bonds is 8. The molecule has 2 heterocycles. The molecule has 0 saturated carbocycles. The minimum absolute atomic E-state index is 0. The first-order chi connectivity index (χ1) is 13.3. The number of piperidine rings is 1. The lowest BCUT2D eigenvalue weighted by Gasteiger charge is -2.38. The summed E-state index contributed by atoms with van der Waals surface area (Å²) in [4.78, 5) is 15.2. The molecule has 1 fully saturated rings. The smallest absolute Gasteiger partial charge is 0.429 e. The molecule has 3 rings (SSSR count). The molecule has 0 bridgehead atoms. The van der Waals surface area contributed by atoms with E-state index in [4.69, 9.17) is 4.74 Å². The van der Waals surface area contributed by atoms with Crippen LogP contribution in [-0.4, -0.2) is 48.0 Å². The van der Waals surface area contributed by atoms with Crippen LogP contribution in [-0.2, 0) is 11.2 Å². The Balaban J connectivity index is 0.00000280. The zero-order valence-electron chi connectivity index (χ0n) is 16.7. The number of hydrogen-bond donors (Lipinski definition) is 0. The van der Waals surface area contributed by atoms with Crippen molar-refractivity contribution in [2.45, 2.75) is 45.1 Å². The molecule has 0 radical (unpaired) electrons. The third-order valence-corrected chi connectivity index (χ3v) is 5.21. The number of benzene rings is 1. The van der Waals surface area contributed by atoms with E-state index in [1.165, 1.54) is 5.56 Å². The lowest BCUT2D eigenvalue weighted by atomic mass is 10.0. The molecule has 5 nitrogen and oxygen atoms in total. The van der Waals surface area contributed by atoms with E-state index in [0.29, 0.717) is 6.61 Å². The van der Waals surface area contributed by atoms with Crippen molar-refractivity contribution in [3.63, 3.8) is 0 Å². The van der Waals surface area contributed by atoms with Crippen molar-refractivity contribution >= 4 is 18.5 Å². The van der Waals surface area contributed by atoms with Gasteiger partial charge in [0, 0.05) is 32.0 Å². The highest BCUT2D eigenvalue weighted by atomic mass is 35.5. The van der Waals surface area contributed by atoms with E-state index >= 15 is 0 Å². The fraction of sp³-hybridized carbons (Fsp3) is 0.500. The normalized spacial score (nSPS) is 15.0. The Kier molecular flexibility index (Phi) is 9.38. The number of carbonyl (C=O) groups is 1. The van der Waals surface area contributed by atoms with Gasteiger partial charge in [0.2, 0.25) is 0 Å². The number of ether oxygens (including phenoxy) is 1. The number of carbonyl (C=O) groups excluding carboxylic acids is 1. The maximum absolute atomic E-state index is 12.7. The summed E-state index contributed by atoms with van der Waals surface area (Å²) in [5.41, 5.74) is 1.38. The van der Waals surface area contributed by atoms with E-state index < -0.39 is 0 Å². The van der Waals surface area contributed by atoms with Crippen LogP contribution in [0.2, 0.25) is 0 Å². The Bertz CT molecular complexity index is 670. The van der Waals surface area contributed by atoms with Crippen molar-refractivity contribution in [2.24, 2.45) is 0 Å². The molecule has 0 spiro atoms. The Morgan fingerprint density at radius 2 is 1.79 bits per heavy atom. The number of aromatic nitrogens is 1. The van der Waals surface area contributed by atoms with Gasteiger partial charge in [0.05, 0.1) is 12.6 Å². The average Bonchev–Trinajstić information content (AvgIpc) is 3.23. The number of likely N-dealkylation sites (tertiary alicyclic amines) is 1. The number of nitrogens with zero attached hydrogens (tertiary/aromatic N) is 3. The summed E-state index contributed by atoms with van der Waals surface area (Å²) in [5, 5.41) is 1.80. The van der Waals surface area contributed by atoms with Crippen LogP contribution in [0.1, 0.15) is 38.2 Å². The molecule has 0 aliphatic carbocycles. The Morgan fingerprint density at radius 3 is 2.43 bits per heavy atom. The Hall–Kier alpha value is -1.98. The largest absolute Gasteiger partial charge is 0.448 e. The van der Waals surface area contributed by atoms with Gasteiger partial charge < -0.3 is 9.64 Å². The molecular weight excluding hydrogens is 374 g/mol. The second kappa shape index (κ2) is 11.8. The van der Waals surface area contributed by atoms with E-state index in [0.717, 1.165) is 51.7 Å². The minimum Gasteiger partial charge on any atom is -0.448 e. The zero-order valence-corrected chi connectivity index (χ0v) is 17.5. The summed E-state index contributed by atoms with van der Waals surface area (Å²) in [7, 11) is 0. The van der Waals surface area contributed by atoms with Crippen LogP contribution >= 0.6 is 12.4 Å². The molecular formula is C22H32ClN3O2. The SMILES string of the molecule is CCCCOC(=O)N(C1CCN(CCc2ccccc2)CC1)n1cccc1.Cl. The van der Waals surface area contributed by atoms with Crippen LogP contribution in [0.15, 0.2) is 54.9 Å². The molecule has 0 N–H and O–H groups in total. The van der Waals surface area contributed by atoms with Gasteiger partial charge in [-0.1, -0.05) is 43.7 Å². The average molecular weight is 406 g/mol. The van der Waals surface area contributed by atoms with Crippen LogP contribution in [0.5, 0.6) is 0 Å². The molecule has 0 unspecified atom stereocenters. The molecule has 1 aliphatic rings. The molecule has 6 heteroatoms. The lowest BCUT2D eigenvalue weighted by molar-refractivity contribution is 0.132. The molecule has 154 valence electrons. The predicted molar refractivity (Wildman–Crippen MR) is 116 cm³/mol. The molecule has 1 aromatic carbocycles. The summed E-state index contributed by atoms with van der Waals surface area (Å²) in [6.07, 6.45) is 8.55. The van der Waals surface area contributed by atoms with Crippen molar-refractivity contribution in [1.82, 2.24) is 9.58 Å². The Morgan fingerprint density at radius 1 is 1.11 bits per heavy atom. The van der Waals surface area contributed by atoms with Crippen molar-refractivity contribution in [1.29, 1.82) is 0 Å². The van der Waals surface area contributed by atoms with Gasteiger partial charge in [-0.3, -0.25) is 4.68 Å². The number of amides is 1. The van der Waals surface area contributed by atoms with Crippen LogP contribution in [0, 0.1) is 0 Å². The van der Waals surface area contributed by atoms with E-state index in [1.807, 2.05) is 29.2 Å². The standard InChI is InChI=1S/C22H31N3O2.ClH/c1-2-3-19-27-22(26)25(24-14-7-8-15-24)21-12-17-23(18-13-21)16-11-20-9-5-4-6-10-20;/h4-10,14-15,21H,2-3,11-13,16-19H2,1H3;1H. The van der Waals surface area contributed by atoms with Gasteiger partial charge in [-0.25, -0.2) is 9.80 Å². The fourth-order valence-corrected chi connectivity index (χ4v) is 3.59. The van der Waals surface area contributed by atoms with E-state index in [9.17, 15) is 4.79 Å². The van der Waals surface area contributed by atoms with E-state index in [-0.39, 0.29) is 24.5 Å². The maximum Gasteiger partial charge on any atom is 0.429 e. The van der Waals surface area contributed by atoms with Gasteiger partial charge >= 0.3 is 6.09 Å². The van der Waals surface area contributed by atoms with Gasteiger partial charge in [-0.15, -0.1) is 12.4 Å². The van der Waals surface area contributed by atoms with Crippen LogP contribution in [0.25, 0.3) is 0 Å². The first-order valence-corrected chi connectivity index (χ1v) is 10.1. The van der Waals surface area contributed by atoms with Crippen molar-refractivity contribution in [3.05, 3.63) is 60.4 Å². The summed E-state index contributed by atoms with van der Waals surface area (Å²) < 4.78 is 7.38. The zero-order chi connectivity index (χ0) is 18.9. The number of halogens is 1. The topological polar surface area (TPSA) is 37.7 Å². The summed E-state index contributed by atoms with van der Waals surface area (Å²) >= 11 is 0. The molecule has 1 aromatic heterocycles. The molecule has 1 saturated heterocycles. The van der Waals surface area contributed by atoms with Gasteiger partial charge in [-0.2, -0.15) is 0 Å². The quantitative estimate of drug-likeness (QED) is 0.607. The molecule has 28 heavy (non-hydrogen) atoms. The van der Waals surface area contributed by atoms with Crippen LogP contribution in [0.3, 0.4) is 0 Å². The molecule has 1 aliphatic heterocycles. The van der Waals surface area contributed by atoms with E-state index in [2.05, 4.69) is 42.2 Å².